The Bertz CT molecular complexity index is 1330. The van der Waals surface area contributed by atoms with E-state index in [4.69, 9.17) is 5.73 Å². The fraction of sp³-hybridized carbons (Fsp3) is 0.350. The molecule has 0 bridgehead atoms. The van der Waals surface area contributed by atoms with E-state index in [1.165, 1.54) is 0 Å². The highest BCUT2D eigenvalue weighted by Gasteiger charge is 2.38. The summed E-state index contributed by atoms with van der Waals surface area (Å²) >= 11 is 0. The smallest absolute Gasteiger partial charge is 0.228 e. The number of rotatable bonds is 5. The fourth-order valence-corrected chi connectivity index (χ4v) is 5.75. The molecular weight excluding hydrogens is 388 g/mol. The number of nitrogens with zero attached hydrogens (tertiary/aromatic N) is 4. The van der Waals surface area contributed by atoms with Crippen molar-refractivity contribution in [1.82, 2.24) is 24.6 Å². The highest BCUT2D eigenvalue weighted by atomic mass is 32.2. The first kappa shape index (κ1) is 18.3. The van der Waals surface area contributed by atoms with Crippen LogP contribution in [0, 0.1) is 12.3 Å². The van der Waals surface area contributed by atoms with Crippen molar-refractivity contribution in [2.75, 3.05) is 6.54 Å². The lowest BCUT2D eigenvalue weighted by atomic mass is 9.66. The van der Waals surface area contributed by atoms with Gasteiger partial charge < -0.3 is 10.7 Å². The molecule has 1 fully saturated rings. The van der Waals surface area contributed by atoms with Crippen LogP contribution in [0.2, 0.25) is 0 Å². The summed E-state index contributed by atoms with van der Waals surface area (Å²) in [7, 11) is -3.87. The van der Waals surface area contributed by atoms with Crippen LogP contribution < -0.4 is 5.73 Å². The Labute approximate surface area is 168 Å². The molecule has 150 valence electrons. The third-order valence-electron chi connectivity index (χ3n) is 6.10. The van der Waals surface area contributed by atoms with Crippen LogP contribution in [0.3, 0.4) is 0 Å². The third-order valence-corrected chi connectivity index (χ3v) is 7.92. The van der Waals surface area contributed by atoms with Crippen LogP contribution in [-0.2, 0) is 16.3 Å². The first-order valence-electron chi connectivity index (χ1n) is 9.67. The number of benzene rings is 1. The predicted molar refractivity (Wildman–Crippen MR) is 108 cm³/mol. The molecule has 29 heavy (non-hydrogen) atoms. The van der Waals surface area contributed by atoms with Gasteiger partial charge >= 0.3 is 0 Å². The molecule has 1 aliphatic carbocycles. The molecular formula is C20H22N6O2S. The van der Waals surface area contributed by atoms with E-state index in [-0.39, 0.29) is 21.0 Å². The lowest BCUT2D eigenvalue weighted by molar-refractivity contribution is 0.141. The maximum Gasteiger partial charge on any atom is 0.228 e. The van der Waals surface area contributed by atoms with Gasteiger partial charge in [-0.25, -0.2) is 13.4 Å². The highest BCUT2D eigenvalue weighted by molar-refractivity contribution is 7.91. The van der Waals surface area contributed by atoms with E-state index in [2.05, 4.69) is 20.2 Å². The molecule has 0 atom stereocenters. The molecule has 1 aliphatic rings. The summed E-state index contributed by atoms with van der Waals surface area (Å²) in [6.07, 6.45) is 5.66. The lowest BCUT2D eigenvalue weighted by Gasteiger charge is -2.40. The van der Waals surface area contributed by atoms with E-state index in [9.17, 15) is 8.42 Å². The van der Waals surface area contributed by atoms with Gasteiger partial charge in [-0.05, 0) is 49.4 Å². The van der Waals surface area contributed by atoms with Crippen molar-refractivity contribution in [2.45, 2.75) is 42.5 Å². The molecule has 0 unspecified atom stereocenters. The van der Waals surface area contributed by atoms with E-state index in [1.54, 1.807) is 31.3 Å². The van der Waals surface area contributed by atoms with Gasteiger partial charge in [0.25, 0.3) is 0 Å². The quantitative estimate of drug-likeness (QED) is 0.521. The normalized spacial score (nSPS) is 16.3. The molecule has 0 radical (unpaired) electrons. The Morgan fingerprint density at radius 2 is 2.00 bits per heavy atom. The molecule has 0 spiro atoms. The molecule has 1 saturated carbocycles. The van der Waals surface area contributed by atoms with Gasteiger partial charge in [-0.15, -0.1) is 10.2 Å². The molecule has 0 saturated heterocycles. The number of aryl methyl sites for hydroxylation is 1. The van der Waals surface area contributed by atoms with E-state index in [0.29, 0.717) is 24.2 Å². The summed E-state index contributed by atoms with van der Waals surface area (Å²) in [5, 5.41) is 8.55. The van der Waals surface area contributed by atoms with Crippen molar-refractivity contribution in [3.8, 4) is 0 Å². The summed E-state index contributed by atoms with van der Waals surface area (Å²) in [4.78, 5) is 7.68. The average molecular weight is 411 g/mol. The zero-order chi connectivity index (χ0) is 20.2. The van der Waals surface area contributed by atoms with Crippen molar-refractivity contribution in [2.24, 2.45) is 11.1 Å². The summed E-state index contributed by atoms with van der Waals surface area (Å²) in [5.41, 5.74) is 8.22. The Balaban J connectivity index is 1.76. The van der Waals surface area contributed by atoms with Crippen LogP contribution in [0.4, 0.5) is 0 Å². The number of nitrogens with one attached hydrogen (secondary N) is 1. The lowest BCUT2D eigenvalue weighted by Crippen LogP contribution is -2.39. The van der Waals surface area contributed by atoms with Crippen LogP contribution >= 0.6 is 0 Å². The minimum absolute atomic E-state index is 0.0178. The van der Waals surface area contributed by atoms with Crippen molar-refractivity contribution in [1.29, 1.82) is 0 Å². The zero-order valence-corrected chi connectivity index (χ0v) is 16.9. The highest BCUT2D eigenvalue weighted by Crippen LogP contribution is 2.42. The third kappa shape index (κ3) is 2.68. The molecule has 4 aromatic rings. The second-order valence-corrected chi connectivity index (χ2v) is 9.74. The average Bonchev–Trinajstić information content (AvgIpc) is 3.30. The van der Waals surface area contributed by atoms with E-state index < -0.39 is 9.84 Å². The number of hydrogen-bond acceptors (Lipinski definition) is 6. The largest absolute Gasteiger partial charge is 0.345 e. The van der Waals surface area contributed by atoms with Crippen LogP contribution in [0.15, 0.2) is 46.5 Å². The summed E-state index contributed by atoms with van der Waals surface area (Å²) in [5.74, 6) is 0.721. The maximum absolute atomic E-state index is 13.5. The standard InChI is InChI=1S/C20H22N6O2S/c1-13-5-2-3-6-15(13)29(27,28)19-18-25-24-16(11-20(12-21)8-4-9-20)26(18)14-7-10-22-17(14)23-19/h2-3,5-7,10,22H,4,8-9,11-12,21H2,1H3. The summed E-state index contributed by atoms with van der Waals surface area (Å²) in [6.45, 7) is 2.35. The van der Waals surface area contributed by atoms with Crippen molar-refractivity contribution in [3.63, 3.8) is 0 Å². The van der Waals surface area contributed by atoms with Gasteiger partial charge in [-0.3, -0.25) is 4.40 Å². The van der Waals surface area contributed by atoms with Crippen molar-refractivity contribution < 1.29 is 8.42 Å². The van der Waals surface area contributed by atoms with Gasteiger partial charge in [0.05, 0.1) is 10.4 Å². The number of nitrogens with two attached hydrogens (primary N) is 1. The Morgan fingerprint density at radius 3 is 2.69 bits per heavy atom. The molecule has 3 heterocycles. The summed E-state index contributed by atoms with van der Waals surface area (Å²) in [6, 6.07) is 8.75. The van der Waals surface area contributed by atoms with Crippen LogP contribution in [-0.4, -0.2) is 39.5 Å². The predicted octanol–water partition coefficient (Wildman–Crippen LogP) is 2.42. The molecule has 8 nitrogen and oxygen atoms in total. The van der Waals surface area contributed by atoms with Gasteiger partial charge in [-0.1, -0.05) is 24.6 Å². The van der Waals surface area contributed by atoms with E-state index in [0.717, 1.165) is 30.6 Å². The molecule has 0 amide bonds. The van der Waals surface area contributed by atoms with Gasteiger partial charge in [-0.2, -0.15) is 0 Å². The van der Waals surface area contributed by atoms with E-state index >= 15 is 0 Å². The van der Waals surface area contributed by atoms with Crippen LogP contribution in [0.5, 0.6) is 0 Å². The second-order valence-electron chi connectivity index (χ2n) is 7.91. The van der Waals surface area contributed by atoms with Crippen molar-refractivity contribution in [3.05, 3.63) is 47.9 Å². The maximum atomic E-state index is 13.5. The number of aromatic nitrogens is 5. The van der Waals surface area contributed by atoms with Crippen LogP contribution in [0.25, 0.3) is 16.8 Å². The number of H-pyrrole nitrogens is 1. The molecule has 3 aromatic heterocycles. The first-order chi connectivity index (χ1) is 14.0. The van der Waals surface area contributed by atoms with Gasteiger partial charge in [0.15, 0.2) is 11.3 Å². The topological polar surface area (TPSA) is 119 Å². The number of fused-ring (bicyclic) bond motifs is 3. The monoisotopic (exact) mass is 410 g/mol. The van der Waals surface area contributed by atoms with Crippen LogP contribution in [0.1, 0.15) is 30.7 Å². The second kappa shape index (κ2) is 6.36. The first-order valence-corrected chi connectivity index (χ1v) is 11.2. The van der Waals surface area contributed by atoms with Gasteiger partial charge in [0.2, 0.25) is 14.9 Å². The molecule has 0 aliphatic heterocycles. The van der Waals surface area contributed by atoms with Crippen molar-refractivity contribution >= 4 is 26.6 Å². The number of hydrogen-bond donors (Lipinski definition) is 2. The number of sulfone groups is 1. The number of aromatic amines is 1. The Kier molecular flexibility index (Phi) is 4.01. The SMILES string of the molecule is Cc1ccccc1S(=O)(=O)c1nc2[nH]ccc2n2c(CC3(CN)CCC3)nnc12. The Hall–Kier alpha value is -2.78. The molecule has 3 N–H and O–H groups in total. The molecule has 5 rings (SSSR count). The Morgan fingerprint density at radius 1 is 1.21 bits per heavy atom. The minimum atomic E-state index is -3.87. The van der Waals surface area contributed by atoms with E-state index in [1.807, 2.05) is 16.5 Å². The zero-order valence-electron chi connectivity index (χ0n) is 16.1. The van der Waals surface area contributed by atoms with Gasteiger partial charge in [0.1, 0.15) is 5.82 Å². The fourth-order valence-electron chi connectivity index (χ4n) is 4.20. The van der Waals surface area contributed by atoms with Gasteiger partial charge in [0, 0.05) is 12.6 Å². The molecule has 1 aromatic carbocycles. The summed E-state index contributed by atoms with van der Waals surface area (Å²) < 4.78 is 28.8. The minimum Gasteiger partial charge on any atom is -0.345 e. The molecule has 9 heteroatoms.